The molecule has 3 aromatic heterocycles. The third kappa shape index (κ3) is 12.1. The van der Waals surface area contributed by atoms with Crippen molar-refractivity contribution >= 4 is 191 Å². The van der Waals surface area contributed by atoms with Gasteiger partial charge in [-0.3, -0.25) is 0 Å². The molecule has 0 aliphatic rings. The van der Waals surface area contributed by atoms with E-state index in [2.05, 4.69) is 449 Å². The fourth-order valence-electron chi connectivity index (χ4n) is 20.0. The zero-order valence-corrected chi connectivity index (χ0v) is 69.4. The normalized spacial score (nSPS) is 11.7. The van der Waals surface area contributed by atoms with Crippen molar-refractivity contribution in [2.45, 2.75) is 0 Å². The number of rotatable bonds is 8. The van der Waals surface area contributed by atoms with Gasteiger partial charge in [-0.25, -0.2) is 0 Å². The third-order valence-corrected chi connectivity index (χ3v) is 29.0. The van der Waals surface area contributed by atoms with E-state index in [0.29, 0.717) is 0 Å². The molecule has 0 fully saturated rings. The standard InChI is InChI=1S/2C42H26S.C36H22S/c1-2-12-27(13-3-1)29-15-10-16-30(26-29)39-32-18-6-8-20-34(32)40(35-21-9-7-19-33(35)39)36-22-11-23-38-41(36)37-25-24-28-14-4-5-17-31(28)42(37)43-38;1-2-11-27(12-3-1)28-21-23-30(24-22-28)39-32-15-6-8-17-34(32)40(35-18-9-7-16-33(35)39)36-19-10-20-38-41(36)37-26-25-29-13-4-5-14-31(29)42(37)43-38;1-2-12-24(13-3-1)33-26-15-6-8-17-28(26)34(29-18-9-7-16-27(29)33)30-19-10-20-32-35(30)31-22-21-23-11-4-5-14-25(23)36(31)37-32/h2*1-26H;1-22H. The number of benzene rings is 23. The Balaban J connectivity index is 0.000000104. The van der Waals surface area contributed by atoms with Crippen molar-refractivity contribution in [1.29, 1.82) is 0 Å². The molecule has 0 N–H and O–H groups in total. The summed E-state index contributed by atoms with van der Waals surface area (Å²) in [7, 11) is 0. The number of thiophene rings is 3. The van der Waals surface area contributed by atoms with E-state index < -0.39 is 0 Å². The minimum atomic E-state index is 1.23. The van der Waals surface area contributed by atoms with Crippen molar-refractivity contribution in [2.24, 2.45) is 0 Å². The van der Waals surface area contributed by atoms with Gasteiger partial charge in [0.2, 0.25) is 0 Å². The van der Waals surface area contributed by atoms with Crippen LogP contribution in [-0.2, 0) is 0 Å². The van der Waals surface area contributed by atoms with E-state index >= 15 is 0 Å². The molecule has 0 bridgehead atoms. The quantitative estimate of drug-likeness (QED) is 0.133. The van der Waals surface area contributed by atoms with Crippen LogP contribution in [-0.4, -0.2) is 0 Å². The summed E-state index contributed by atoms with van der Waals surface area (Å²) in [6, 6.07) is 164. The van der Waals surface area contributed by atoms with Crippen molar-refractivity contribution in [2.75, 3.05) is 0 Å². The fourth-order valence-corrected chi connectivity index (χ4v) is 23.8. The summed E-state index contributed by atoms with van der Waals surface area (Å²) in [6.45, 7) is 0. The van der Waals surface area contributed by atoms with Crippen LogP contribution in [0.25, 0.3) is 246 Å². The molecule has 3 heteroatoms. The van der Waals surface area contributed by atoms with Gasteiger partial charge in [0.15, 0.2) is 0 Å². The van der Waals surface area contributed by atoms with Gasteiger partial charge in [-0.15, -0.1) is 34.0 Å². The maximum Gasteiger partial charge on any atom is 0.0434 e. The van der Waals surface area contributed by atoms with E-state index in [1.165, 1.54) is 246 Å². The monoisotopic (exact) mass is 1610 g/mol. The van der Waals surface area contributed by atoms with Crippen molar-refractivity contribution in [3.8, 4) is 89.0 Å². The Labute approximate surface area is 723 Å². The van der Waals surface area contributed by atoms with E-state index in [9.17, 15) is 0 Å². The summed E-state index contributed by atoms with van der Waals surface area (Å²) in [6.07, 6.45) is 0. The Hall–Kier alpha value is -14.9. The second kappa shape index (κ2) is 30.1. The maximum atomic E-state index is 2.35. The highest BCUT2D eigenvalue weighted by atomic mass is 32.1. The van der Waals surface area contributed by atoms with Gasteiger partial charge in [-0.1, -0.05) is 425 Å². The SMILES string of the molecule is c1ccc(-c2c3ccccc3c(-c3cccc4sc5c6ccccc6ccc5c34)c3ccccc23)cc1.c1ccc(-c2ccc(-c3c4ccccc4c(-c4cccc5sc6c7ccccc7ccc6c45)c4ccccc34)cc2)cc1.c1ccc(-c2cccc(-c3c4ccccc4c(-c4cccc5sc6c7ccccc7ccc6c45)c4ccccc34)c2)cc1. The van der Waals surface area contributed by atoms with Gasteiger partial charge >= 0.3 is 0 Å². The second-order valence-electron chi connectivity index (χ2n) is 32.1. The molecule has 0 saturated heterocycles. The van der Waals surface area contributed by atoms with Crippen molar-refractivity contribution in [1.82, 2.24) is 0 Å². The van der Waals surface area contributed by atoms with Crippen LogP contribution in [0.3, 0.4) is 0 Å². The summed E-state index contributed by atoms with van der Waals surface area (Å²) < 4.78 is 8.10. The van der Waals surface area contributed by atoms with Gasteiger partial charge < -0.3 is 0 Å². The first-order chi connectivity index (χ1) is 61.1. The lowest BCUT2D eigenvalue weighted by Crippen LogP contribution is -1.91. The molecule has 0 saturated carbocycles. The Morgan fingerprint density at radius 1 is 0.122 bits per heavy atom. The van der Waals surface area contributed by atoms with Crippen LogP contribution in [0.1, 0.15) is 0 Å². The zero-order chi connectivity index (χ0) is 81.0. The first kappa shape index (κ1) is 72.1. The minimum Gasteiger partial charge on any atom is -0.135 e. The summed E-state index contributed by atoms with van der Waals surface area (Å²) in [5, 5.41) is 31.4. The molecule has 26 aromatic rings. The average Bonchev–Trinajstić information content (AvgIpc) is 1.66. The summed E-state index contributed by atoms with van der Waals surface area (Å²) in [4.78, 5) is 0. The maximum absolute atomic E-state index is 2.35. The molecule has 0 unspecified atom stereocenters. The Morgan fingerprint density at radius 2 is 0.341 bits per heavy atom. The molecule has 26 rings (SSSR count). The Bertz CT molecular complexity index is 8560. The molecule has 3 heterocycles. The topological polar surface area (TPSA) is 0 Å². The predicted octanol–water partition coefficient (Wildman–Crippen LogP) is 35.9. The molecular formula is C120H74S3. The minimum absolute atomic E-state index is 1.23. The highest BCUT2D eigenvalue weighted by Gasteiger charge is 2.26. The van der Waals surface area contributed by atoms with Crippen LogP contribution in [0.15, 0.2) is 449 Å². The largest absolute Gasteiger partial charge is 0.135 e. The van der Waals surface area contributed by atoms with Gasteiger partial charge in [0.1, 0.15) is 0 Å². The van der Waals surface area contributed by atoms with Crippen molar-refractivity contribution < 1.29 is 0 Å². The van der Waals surface area contributed by atoms with E-state index in [1.54, 1.807) is 0 Å². The predicted molar refractivity (Wildman–Crippen MR) is 539 cm³/mol. The molecule has 572 valence electrons. The average molecular weight is 1610 g/mol. The summed E-state index contributed by atoms with van der Waals surface area (Å²) >= 11 is 5.73. The van der Waals surface area contributed by atoms with Gasteiger partial charge in [0.05, 0.1) is 0 Å². The Morgan fingerprint density at radius 3 is 0.667 bits per heavy atom. The molecule has 0 atom stereocenters. The van der Waals surface area contributed by atoms with Gasteiger partial charge in [-0.2, -0.15) is 0 Å². The molecule has 0 aliphatic carbocycles. The highest BCUT2D eigenvalue weighted by Crippen LogP contribution is 2.54. The van der Waals surface area contributed by atoms with Gasteiger partial charge in [0.25, 0.3) is 0 Å². The lowest BCUT2D eigenvalue weighted by atomic mass is 9.84. The number of fused-ring (bicyclic) bond motifs is 21. The summed E-state index contributed by atoms with van der Waals surface area (Å²) in [5.41, 5.74) is 20.4. The molecule has 23 aromatic carbocycles. The lowest BCUT2D eigenvalue weighted by molar-refractivity contribution is 1.61. The zero-order valence-electron chi connectivity index (χ0n) is 66.9. The van der Waals surface area contributed by atoms with Crippen molar-refractivity contribution in [3.63, 3.8) is 0 Å². The van der Waals surface area contributed by atoms with Crippen LogP contribution in [0.4, 0.5) is 0 Å². The van der Waals surface area contributed by atoms with Gasteiger partial charge in [-0.05, 0) is 210 Å². The first-order valence-corrected chi connectivity index (χ1v) is 44.7. The smallest absolute Gasteiger partial charge is 0.0434 e. The fraction of sp³-hybridized carbons (Fsp3) is 0. The molecule has 123 heavy (non-hydrogen) atoms. The van der Waals surface area contributed by atoms with Crippen LogP contribution >= 0.6 is 34.0 Å². The van der Waals surface area contributed by atoms with E-state index in [0.717, 1.165) is 0 Å². The highest BCUT2D eigenvalue weighted by molar-refractivity contribution is 7.27. The van der Waals surface area contributed by atoms with Crippen LogP contribution < -0.4 is 0 Å². The molecule has 0 radical (unpaired) electrons. The van der Waals surface area contributed by atoms with Gasteiger partial charge in [0, 0.05) is 60.5 Å². The van der Waals surface area contributed by atoms with Crippen molar-refractivity contribution in [3.05, 3.63) is 449 Å². The van der Waals surface area contributed by atoms with E-state index in [-0.39, 0.29) is 0 Å². The molecule has 0 amide bonds. The second-order valence-corrected chi connectivity index (χ2v) is 35.3. The van der Waals surface area contributed by atoms with Crippen LogP contribution in [0.2, 0.25) is 0 Å². The number of hydrogen-bond acceptors (Lipinski definition) is 3. The molecule has 0 nitrogen and oxygen atoms in total. The molecular weight excluding hydrogens is 1540 g/mol. The van der Waals surface area contributed by atoms with Crippen LogP contribution in [0.5, 0.6) is 0 Å². The van der Waals surface area contributed by atoms with E-state index in [1.807, 2.05) is 34.0 Å². The lowest BCUT2D eigenvalue weighted by Gasteiger charge is -2.19. The molecule has 0 aliphatic heterocycles. The number of hydrogen-bond donors (Lipinski definition) is 0. The summed E-state index contributed by atoms with van der Waals surface area (Å²) in [5.74, 6) is 0. The van der Waals surface area contributed by atoms with Crippen LogP contribution in [0, 0.1) is 0 Å². The van der Waals surface area contributed by atoms with E-state index in [4.69, 9.17) is 0 Å². The Kier molecular flexibility index (Phi) is 17.6. The molecule has 0 spiro atoms. The third-order valence-electron chi connectivity index (χ3n) is 25.4. The first-order valence-electron chi connectivity index (χ1n) is 42.3.